The molecular formula is C14H19F3N2. The number of pyridine rings is 1. The average molecular weight is 272 g/mol. The molecule has 3 unspecified atom stereocenters. The van der Waals surface area contributed by atoms with Crippen molar-refractivity contribution in [2.75, 3.05) is 5.32 Å². The topological polar surface area (TPSA) is 24.9 Å². The van der Waals surface area contributed by atoms with Crippen LogP contribution in [0.25, 0.3) is 0 Å². The minimum absolute atomic E-state index is 0.314. The summed E-state index contributed by atoms with van der Waals surface area (Å²) in [7, 11) is 0. The van der Waals surface area contributed by atoms with E-state index in [1.807, 2.05) is 0 Å². The van der Waals surface area contributed by atoms with Crippen LogP contribution in [-0.4, -0.2) is 11.0 Å². The molecule has 5 heteroatoms. The normalized spacial score (nSPS) is 27.5. The zero-order chi connectivity index (χ0) is 14.0. The molecule has 1 fully saturated rings. The molecule has 106 valence electrons. The Morgan fingerprint density at radius 2 is 2.05 bits per heavy atom. The zero-order valence-corrected chi connectivity index (χ0v) is 11.2. The third-order valence-corrected chi connectivity index (χ3v) is 4.18. The Hall–Kier alpha value is -1.26. The lowest BCUT2D eigenvalue weighted by molar-refractivity contribution is -0.137. The monoisotopic (exact) mass is 272 g/mol. The van der Waals surface area contributed by atoms with Crippen LogP contribution < -0.4 is 5.32 Å². The molecule has 1 aliphatic carbocycles. The van der Waals surface area contributed by atoms with E-state index in [4.69, 9.17) is 0 Å². The Morgan fingerprint density at radius 3 is 2.53 bits per heavy atom. The molecule has 1 aromatic heterocycles. The first kappa shape index (κ1) is 14.2. The fourth-order valence-electron chi connectivity index (χ4n) is 2.86. The van der Waals surface area contributed by atoms with Crippen LogP contribution in [-0.2, 0) is 6.18 Å². The van der Waals surface area contributed by atoms with Crippen molar-refractivity contribution in [3.63, 3.8) is 0 Å². The molecule has 1 saturated carbocycles. The summed E-state index contributed by atoms with van der Waals surface area (Å²) in [5.74, 6) is 1.77. The van der Waals surface area contributed by atoms with Crippen LogP contribution in [0, 0.1) is 11.8 Å². The highest BCUT2D eigenvalue weighted by Gasteiger charge is 2.33. The number of alkyl halides is 3. The summed E-state index contributed by atoms with van der Waals surface area (Å²) in [6, 6.07) is 2.80. The van der Waals surface area contributed by atoms with Gasteiger partial charge in [0.05, 0.1) is 5.56 Å². The van der Waals surface area contributed by atoms with Crippen LogP contribution in [0.5, 0.6) is 0 Å². The second kappa shape index (κ2) is 5.39. The molecule has 3 atom stereocenters. The fourth-order valence-corrected chi connectivity index (χ4v) is 2.86. The van der Waals surface area contributed by atoms with Gasteiger partial charge in [0.15, 0.2) is 0 Å². The molecule has 0 aromatic carbocycles. The predicted octanol–water partition coefficient (Wildman–Crippen LogP) is 4.34. The van der Waals surface area contributed by atoms with E-state index in [1.165, 1.54) is 12.5 Å². The largest absolute Gasteiger partial charge is 0.417 e. The number of nitrogens with zero attached hydrogens (tertiary/aromatic N) is 1. The number of hydrogen-bond acceptors (Lipinski definition) is 2. The Bertz CT molecular complexity index is 414. The fraction of sp³-hybridized carbons (Fsp3) is 0.643. The predicted molar refractivity (Wildman–Crippen MR) is 68.8 cm³/mol. The van der Waals surface area contributed by atoms with Gasteiger partial charge in [-0.25, -0.2) is 4.98 Å². The minimum atomic E-state index is -4.32. The molecule has 0 amide bonds. The summed E-state index contributed by atoms with van der Waals surface area (Å²) in [5, 5.41) is 3.26. The van der Waals surface area contributed by atoms with Gasteiger partial charge >= 0.3 is 6.18 Å². The summed E-state index contributed by atoms with van der Waals surface area (Å²) in [6.07, 6.45) is -0.0448. The zero-order valence-electron chi connectivity index (χ0n) is 11.2. The molecule has 1 aliphatic rings. The third-order valence-electron chi connectivity index (χ3n) is 4.18. The highest BCUT2D eigenvalue weighted by molar-refractivity contribution is 5.37. The van der Waals surface area contributed by atoms with Gasteiger partial charge in [-0.05, 0) is 36.8 Å². The molecule has 1 aromatic rings. The number of nitrogens with one attached hydrogen (secondary N) is 1. The average Bonchev–Trinajstić information content (AvgIpc) is 2.70. The Morgan fingerprint density at radius 1 is 1.32 bits per heavy atom. The van der Waals surface area contributed by atoms with Gasteiger partial charge in [0.25, 0.3) is 0 Å². The van der Waals surface area contributed by atoms with Crippen molar-refractivity contribution in [2.45, 2.75) is 45.3 Å². The van der Waals surface area contributed by atoms with Gasteiger partial charge in [0.2, 0.25) is 0 Å². The van der Waals surface area contributed by atoms with E-state index >= 15 is 0 Å². The van der Waals surface area contributed by atoms with E-state index in [9.17, 15) is 13.2 Å². The standard InChI is InChI=1S/C14H19F3N2/c1-3-10-4-6-12(9(10)2)19-13-7-5-11(8-18-13)14(15,16)17/h5,7-10,12H,3-4,6H2,1-2H3,(H,18,19). The van der Waals surface area contributed by atoms with E-state index < -0.39 is 11.7 Å². The second-order valence-electron chi connectivity index (χ2n) is 5.29. The van der Waals surface area contributed by atoms with E-state index in [0.29, 0.717) is 23.7 Å². The number of rotatable bonds is 3. The van der Waals surface area contributed by atoms with Crippen molar-refractivity contribution in [1.82, 2.24) is 4.98 Å². The first-order valence-electron chi connectivity index (χ1n) is 6.71. The Balaban J connectivity index is 2.01. The highest BCUT2D eigenvalue weighted by atomic mass is 19.4. The minimum Gasteiger partial charge on any atom is -0.367 e. The number of halogens is 3. The van der Waals surface area contributed by atoms with Gasteiger partial charge in [-0.3, -0.25) is 0 Å². The maximum absolute atomic E-state index is 12.4. The second-order valence-corrected chi connectivity index (χ2v) is 5.29. The summed E-state index contributed by atoms with van der Waals surface area (Å²) in [5.41, 5.74) is -0.705. The number of hydrogen-bond donors (Lipinski definition) is 1. The van der Waals surface area contributed by atoms with Crippen LogP contribution in [0.4, 0.5) is 19.0 Å². The van der Waals surface area contributed by atoms with E-state index in [0.717, 1.165) is 25.1 Å². The lowest BCUT2D eigenvalue weighted by Crippen LogP contribution is -2.25. The number of aromatic nitrogens is 1. The summed E-state index contributed by atoms with van der Waals surface area (Å²) < 4.78 is 37.3. The maximum atomic E-state index is 12.4. The molecule has 1 heterocycles. The third kappa shape index (κ3) is 3.19. The summed E-state index contributed by atoms with van der Waals surface area (Å²) >= 11 is 0. The molecule has 1 N–H and O–H groups in total. The van der Waals surface area contributed by atoms with Crippen LogP contribution in [0.2, 0.25) is 0 Å². The molecule has 0 radical (unpaired) electrons. The van der Waals surface area contributed by atoms with E-state index in [1.54, 1.807) is 0 Å². The smallest absolute Gasteiger partial charge is 0.367 e. The SMILES string of the molecule is CCC1CCC(Nc2ccc(C(F)(F)F)cn2)C1C. The quantitative estimate of drug-likeness (QED) is 0.885. The summed E-state index contributed by atoms with van der Waals surface area (Å²) in [4.78, 5) is 3.86. The maximum Gasteiger partial charge on any atom is 0.417 e. The Kier molecular flexibility index (Phi) is 4.02. The molecule has 0 saturated heterocycles. The van der Waals surface area contributed by atoms with Crippen molar-refractivity contribution in [3.8, 4) is 0 Å². The number of anilines is 1. The lowest BCUT2D eigenvalue weighted by Gasteiger charge is -2.21. The Labute approximate surface area is 111 Å². The van der Waals surface area contributed by atoms with Crippen molar-refractivity contribution < 1.29 is 13.2 Å². The van der Waals surface area contributed by atoms with Crippen LogP contribution in [0.1, 0.15) is 38.7 Å². The highest BCUT2D eigenvalue weighted by Crippen LogP contribution is 2.35. The lowest BCUT2D eigenvalue weighted by atomic mass is 9.93. The molecule has 0 bridgehead atoms. The molecule has 0 spiro atoms. The van der Waals surface area contributed by atoms with Crippen molar-refractivity contribution in [1.29, 1.82) is 0 Å². The van der Waals surface area contributed by atoms with Gasteiger partial charge < -0.3 is 5.32 Å². The first-order valence-corrected chi connectivity index (χ1v) is 6.71. The van der Waals surface area contributed by atoms with Crippen LogP contribution >= 0.6 is 0 Å². The molecule has 0 aliphatic heterocycles. The van der Waals surface area contributed by atoms with Crippen molar-refractivity contribution in [3.05, 3.63) is 23.9 Å². The summed E-state index contributed by atoms with van der Waals surface area (Å²) in [6.45, 7) is 4.38. The van der Waals surface area contributed by atoms with Crippen molar-refractivity contribution >= 4 is 5.82 Å². The first-order chi connectivity index (χ1) is 8.91. The van der Waals surface area contributed by atoms with Gasteiger partial charge in [-0.15, -0.1) is 0 Å². The molecular weight excluding hydrogens is 253 g/mol. The van der Waals surface area contributed by atoms with Gasteiger partial charge in [0.1, 0.15) is 5.82 Å². The van der Waals surface area contributed by atoms with Crippen molar-refractivity contribution in [2.24, 2.45) is 11.8 Å². The molecule has 2 rings (SSSR count). The van der Waals surface area contributed by atoms with Crippen LogP contribution in [0.3, 0.4) is 0 Å². The van der Waals surface area contributed by atoms with Gasteiger partial charge in [0, 0.05) is 12.2 Å². The molecule has 2 nitrogen and oxygen atoms in total. The van der Waals surface area contributed by atoms with Gasteiger partial charge in [-0.2, -0.15) is 13.2 Å². The van der Waals surface area contributed by atoms with E-state index in [2.05, 4.69) is 24.1 Å². The van der Waals surface area contributed by atoms with E-state index in [-0.39, 0.29) is 0 Å². The van der Waals surface area contributed by atoms with Crippen LogP contribution in [0.15, 0.2) is 18.3 Å². The van der Waals surface area contributed by atoms with Gasteiger partial charge in [-0.1, -0.05) is 20.3 Å². The molecule has 19 heavy (non-hydrogen) atoms.